The maximum atomic E-state index is 12.0. The molecule has 132 valence electrons. The minimum atomic E-state index is -0.420. The first-order valence-corrected chi connectivity index (χ1v) is 9.19. The Morgan fingerprint density at radius 3 is 2.96 bits per heavy atom. The van der Waals surface area contributed by atoms with E-state index in [1.165, 1.54) is 13.3 Å². The molecule has 0 fully saturated rings. The van der Waals surface area contributed by atoms with Crippen molar-refractivity contribution in [2.75, 3.05) is 12.9 Å². The van der Waals surface area contributed by atoms with E-state index < -0.39 is 5.24 Å². The van der Waals surface area contributed by atoms with Gasteiger partial charge in [0.15, 0.2) is 16.7 Å². The molecule has 0 aliphatic carbocycles. The standard InChI is InChI=1S/C16H18N4O3S2/c1-4-24-13-8-10(2)18-15(19-13)25-16(22)20-17-9-11-6-5-7-12(23-3)14(11)21/h5-9,21H,4H2,1-3H3,(H,20,22)/b17-9+. The summed E-state index contributed by atoms with van der Waals surface area (Å²) in [6.07, 6.45) is 1.34. The summed E-state index contributed by atoms with van der Waals surface area (Å²) in [5, 5.41) is 14.6. The van der Waals surface area contributed by atoms with Crippen molar-refractivity contribution in [3.05, 3.63) is 35.5 Å². The third kappa shape index (κ3) is 5.64. The molecule has 0 aliphatic rings. The second-order valence-corrected chi connectivity index (χ2v) is 6.95. The smallest absolute Gasteiger partial charge is 0.306 e. The van der Waals surface area contributed by atoms with Crippen LogP contribution in [0, 0.1) is 6.92 Å². The molecule has 0 saturated heterocycles. The molecule has 0 spiro atoms. The van der Waals surface area contributed by atoms with Gasteiger partial charge in [-0.25, -0.2) is 15.4 Å². The summed E-state index contributed by atoms with van der Waals surface area (Å²) in [7, 11) is 1.46. The predicted molar refractivity (Wildman–Crippen MR) is 99.8 cm³/mol. The number of nitrogens with one attached hydrogen (secondary N) is 1. The molecule has 0 aliphatic heterocycles. The number of aromatic hydroxyl groups is 1. The number of hydrogen-bond donors (Lipinski definition) is 2. The van der Waals surface area contributed by atoms with Crippen molar-refractivity contribution in [3.63, 3.8) is 0 Å². The van der Waals surface area contributed by atoms with Crippen molar-refractivity contribution in [1.29, 1.82) is 0 Å². The fraction of sp³-hybridized carbons (Fsp3) is 0.250. The number of carbonyl (C=O) groups excluding carboxylic acids is 1. The minimum absolute atomic E-state index is 0.0427. The van der Waals surface area contributed by atoms with E-state index in [0.29, 0.717) is 16.5 Å². The van der Waals surface area contributed by atoms with Gasteiger partial charge >= 0.3 is 5.24 Å². The van der Waals surface area contributed by atoms with Gasteiger partial charge in [0.25, 0.3) is 0 Å². The Morgan fingerprint density at radius 1 is 1.44 bits per heavy atom. The van der Waals surface area contributed by atoms with E-state index in [1.54, 1.807) is 30.0 Å². The number of aryl methyl sites for hydroxylation is 1. The number of rotatable bonds is 6. The molecule has 0 saturated carbocycles. The molecule has 1 heterocycles. The van der Waals surface area contributed by atoms with Gasteiger partial charge in [-0.15, -0.1) is 11.8 Å². The molecule has 9 heteroatoms. The van der Waals surface area contributed by atoms with Crippen molar-refractivity contribution >= 4 is 35.0 Å². The van der Waals surface area contributed by atoms with Crippen LogP contribution >= 0.6 is 23.5 Å². The number of methoxy groups -OCH3 is 1. The van der Waals surface area contributed by atoms with Gasteiger partial charge in [-0.3, -0.25) is 4.79 Å². The number of para-hydroxylation sites is 1. The van der Waals surface area contributed by atoms with Crippen molar-refractivity contribution in [2.24, 2.45) is 5.10 Å². The lowest BCUT2D eigenvalue weighted by molar-refractivity contribution is 0.261. The first kappa shape index (κ1) is 19.1. The van der Waals surface area contributed by atoms with Crippen LogP contribution in [0.4, 0.5) is 4.79 Å². The predicted octanol–water partition coefficient (Wildman–Crippen LogP) is 3.45. The van der Waals surface area contributed by atoms with Gasteiger partial charge in [-0.2, -0.15) is 5.10 Å². The highest BCUT2D eigenvalue weighted by Crippen LogP contribution is 2.28. The molecule has 0 radical (unpaired) electrons. The first-order valence-electron chi connectivity index (χ1n) is 7.38. The molecular formula is C16H18N4O3S2. The first-order chi connectivity index (χ1) is 12.0. The highest BCUT2D eigenvalue weighted by Gasteiger charge is 2.09. The Kier molecular flexibility index (Phi) is 7.08. The Morgan fingerprint density at radius 2 is 2.24 bits per heavy atom. The molecule has 1 aromatic carbocycles. The maximum Gasteiger partial charge on any atom is 0.306 e. The Bertz CT molecular complexity index is 784. The fourth-order valence-corrected chi connectivity index (χ4v) is 3.21. The SMILES string of the molecule is CCSc1cc(C)nc(SC(=O)N/N=C/c2cccc(OC)c2O)n1. The van der Waals surface area contributed by atoms with Gasteiger partial charge in [0.2, 0.25) is 0 Å². The molecule has 0 atom stereocenters. The van der Waals surface area contributed by atoms with Gasteiger partial charge in [-0.1, -0.05) is 13.0 Å². The summed E-state index contributed by atoms with van der Waals surface area (Å²) in [6.45, 7) is 3.89. The Labute approximate surface area is 154 Å². The monoisotopic (exact) mass is 378 g/mol. The summed E-state index contributed by atoms with van der Waals surface area (Å²) in [5.41, 5.74) is 3.60. The van der Waals surface area contributed by atoms with Gasteiger partial charge in [0.1, 0.15) is 5.03 Å². The highest BCUT2D eigenvalue weighted by atomic mass is 32.2. The summed E-state index contributed by atoms with van der Waals surface area (Å²) < 4.78 is 5.01. The fourth-order valence-electron chi connectivity index (χ4n) is 1.85. The molecule has 2 aromatic rings. The summed E-state index contributed by atoms with van der Waals surface area (Å²) in [4.78, 5) is 20.5. The number of ether oxygens (including phenoxy) is 1. The lowest BCUT2D eigenvalue weighted by Gasteiger charge is -2.05. The number of nitrogens with zero attached hydrogens (tertiary/aromatic N) is 3. The number of hydrazone groups is 1. The minimum Gasteiger partial charge on any atom is -0.504 e. The van der Waals surface area contributed by atoms with E-state index >= 15 is 0 Å². The van der Waals surface area contributed by atoms with E-state index in [-0.39, 0.29) is 5.75 Å². The van der Waals surface area contributed by atoms with Gasteiger partial charge < -0.3 is 9.84 Å². The number of benzene rings is 1. The molecule has 2 N–H and O–H groups in total. The average Bonchev–Trinajstić information content (AvgIpc) is 2.56. The van der Waals surface area contributed by atoms with Crippen LogP contribution in [0.25, 0.3) is 0 Å². The van der Waals surface area contributed by atoms with E-state index in [4.69, 9.17) is 4.74 Å². The van der Waals surface area contributed by atoms with Crippen LogP contribution in [0.3, 0.4) is 0 Å². The second kappa shape index (κ2) is 9.28. The number of phenols is 1. The van der Waals surface area contributed by atoms with Crippen molar-refractivity contribution in [1.82, 2.24) is 15.4 Å². The third-order valence-electron chi connectivity index (χ3n) is 2.90. The van der Waals surface area contributed by atoms with Gasteiger partial charge in [-0.05, 0) is 30.9 Å². The van der Waals surface area contributed by atoms with Crippen molar-refractivity contribution in [3.8, 4) is 11.5 Å². The molecule has 0 bridgehead atoms. The molecule has 1 aromatic heterocycles. The zero-order valence-corrected chi connectivity index (χ0v) is 15.6. The summed E-state index contributed by atoms with van der Waals surface area (Å²) >= 11 is 2.44. The quantitative estimate of drug-likeness (QED) is 0.261. The molecule has 0 unspecified atom stereocenters. The normalized spacial score (nSPS) is 10.8. The summed E-state index contributed by atoms with van der Waals surface area (Å²) in [5.74, 6) is 1.18. The third-order valence-corrected chi connectivity index (χ3v) is 4.33. The van der Waals surface area contributed by atoms with Crippen molar-refractivity contribution < 1.29 is 14.6 Å². The van der Waals surface area contributed by atoms with Gasteiger partial charge in [0.05, 0.1) is 13.3 Å². The van der Waals surface area contributed by atoms with Crippen LogP contribution in [0.5, 0.6) is 11.5 Å². The number of carbonyl (C=O) groups is 1. The summed E-state index contributed by atoms with van der Waals surface area (Å²) in [6, 6.07) is 6.87. The van der Waals surface area contributed by atoms with Crippen LogP contribution in [0.15, 0.2) is 39.5 Å². The zero-order chi connectivity index (χ0) is 18.2. The number of hydrogen-bond acceptors (Lipinski definition) is 8. The molecular weight excluding hydrogens is 360 g/mol. The lowest BCUT2D eigenvalue weighted by atomic mass is 10.2. The number of thioether (sulfide) groups is 2. The van der Waals surface area contributed by atoms with Crippen LogP contribution in [0.2, 0.25) is 0 Å². The van der Waals surface area contributed by atoms with E-state index in [1.807, 2.05) is 19.9 Å². The molecule has 2 rings (SSSR count). The molecule has 7 nitrogen and oxygen atoms in total. The number of aromatic nitrogens is 2. The van der Waals surface area contributed by atoms with E-state index in [0.717, 1.165) is 28.2 Å². The molecule has 1 amide bonds. The number of phenolic OH excluding ortho intramolecular Hbond substituents is 1. The largest absolute Gasteiger partial charge is 0.504 e. The van der Waals surface area contributed by atoms with Crippen LogP contribution < -0.4 is 10.2 Å². The van der Waals surface area contributed by atoms with Crippen molar-refractivity contribution in [2.45, 2.75) is 24.0 Å². The Balaban J connectivity index is 1.99. The second-order valence-electron chi connectivity index (χ2n) is 4.72. The zero-order valence-electron chi connectivity index (χ0n) is 14.0. The molecule has 25 heavy (non-hydrogen) atoms. The van der Waals surface area contributed by atoms with E-state index in [9.17, 15) is 9.90 Å². The van der Waals surface area contributed by atoms with Crippen LogP contribution in [0.1, 0.15) is 18.2 Å². The van der Waals surface area contributed by atoms with Gasteiger partial charge in [0, 0.05) is 23.0 Å². The number of amides is 1. The van der Waals surface area contributed by atoms with Crippen LogP contribution in [-0.2, 0) is 0 Å². The maximum absolute atomic E-state index is 12.0. The topological polar surface area (TPSA) is 96.7 Å². The highest BCUT2D eigenvalue weighted by molar-refractivity contribution is 8.13. The van der Waals surface area contributed by atoms with Crippen LogP contribution in [-0.4, -0.2) is 39.4 Å². The Hall–Kier alpha value is -2.26. The average molecular weight is 378 g/mol. The lowest BCUT2D eigenvalue weighted by Crippen LogP contribution is -2.12. The van der Waals surface area contributed by atoms with E-state index in [2.05, 4.69) is 20.5 Å².